The summed E-state index contributed by atoms with van der Waals surface area (Å²) in [5.41, 5.74) is -0.349. The minimum Gasteiger partial charge on any atom is -0.483 e. The van der Waals surface area contributed by atoms with Gasteiger partial charge in [0.25, 0.3) is 5.91 Å². The second-order valence-electron chi connectivity index (χ2n) is 12.5. The van der Waals surface area contributed by atoms with Crippen molar-refractivity contribution in [3.05, 3.63) is 73.2 Å². The number of halogens is 4. The van der Waals surface area contributed by atoms with Gasteiger partial charge in [-0.2, -0.15) is 13.2 Å². The van der Waals surface area contributed by atoms with Crippen LogP contribution < -0.4 is 14.5 Å². The minimum absolute atomic E-state index is 0.0882. The first kappa shape index (κ1) is 31.0. The molecule has 2 aliphatic carbocycles. The SMILES string of the molecule is O=C(COc1ccc(Cl)cc1[C@H]1c2sc(=O)[nH]c2SC2C3CC(C4C(=O)N(c5cccc(C(F)(F)F)c5)C(=O)C34)C21)N1CCOCC1. The Balaban J connectivity index is 1.15. The molecule has 1 aromatic heterocycles. The third-order valence-electron chi connectivity index (χ3n) is 10.2. The van der Waals surface area contributed by atoms with E-state index in [0.29, 0.717) is 54.1 Å². The molecule has 7 atom stereocenters. The van der Waals surface area contributed by atoms with E-state index in [9.17, 15) is 32.3 Å². The zero-order chi connectivity index (χ0) is 32.8. The van der Waals surface area contributed by atoms with Gasteiger partial charge in [-0.1, -0.05) is 29.0 Å². The highest BCUT2D eigenvalue weighted by Crippen LogP contribution is 2.69. The molecule has 6 unspecified atom stereocenters. The number of alkyl halides is 3. The lowest BCUT2D eigenvalue weighted by atomic mass is 9.68. The molecule has 0 spiro atoms. The number of H-pyrrole nitrogens is 1. The van der Waals surface area contributed by atoms with Crippen molar-refractivity contribution in [2.75, 3.05) is 37.8 Å². The van der Waals surface area contributed by atoms with Gasteiger partial charge >= 0.3 is 11.0 Å². The number of fused-ring (bicyclic) bond motifs is 9. The Hall–Kier alpha value is -3.33. The van der Waals surface area contributed by atoms with Crippen molar-refractivity contribution in [1.29, 1.82) is 0 Å². The maximum absolute atomic E-state index is 14.0. The number of carbonyl (C=O) groups is 3. The van der Waals surface area contributed by atoms with Crippen LogP contribution in [-0.2, 0) is 25.3 Å². The molecule has 2 aromatic carbocycles. The van der Waals surface area contributed by atoms with E-state index in [2.05, 4.69) is 4.98 Å². The highest BCUT2D eigenvalue weighted by Gasteiger charge is 2.70. The second kappa shape index (κ2) is 11.4. The topological polar surface area (TPSA) is 109 Å². The van der Waals surface area contributed by atoms with Crippen molar-refractivity contribution >= 4 is 58.1 Å². The number of ether oxygens (including phenoxy) is 2. The maximum Gasteiger partial charge on any atom is 0.416 e. The zero-order valence-electron chi connectivity index (χ0n) is 24.5. The first-order chi connectivity index (χ1) is 22.5. The van der Waals surface area contributed by atoms with Crippen molar-refractivity contribution < 1.29 is 37.0 Å². The molecule has 2 bridgehead atoms. The van der Waals surface area contributed by atoms with Crippen molar-refractivity contribution in [1.82, 2.24) is 9.88 Å². The average Bonchev–Trinajstić information content (AvgIpc) is 3.79. The van der Waals surface area contributed by atoms with E-state index in [1.165, 1.54) is 23.9 Å². The molecule has 2 saturated heterocycles. The monoisotopic (exact) mass is 705 g/mol. The number of thioether (sulfide) groups is 1. The Bertz CT molecular complexity index is 1860. The average molecular weight is 706 g/mol. The van der Waals surface area contributed by atoms with E-state index in [4.69, 9.17) is 21.1 Å². The van der Waals surface area contributed by atoms with Crippen LogP contribution >= 0.6 is 34.7 Å². The van der Waals surface area contributed by atoms with Gasteiger partial charge in [0.2, 0.25) is 11.8 Å². The van der Waals surface area contributed by atoms with Crippen LogP contribution in [0.3, 0.4) is 0 Å². The van der Waals surface area contributed by atoms with Gasteiger partial charge in [0, 0.05) is 39.7 Å². The number of aromatic amines is 1. The van der Waals surface area contributed by atoms with Crippen molar-refractivity contribution in [2.24, 2.45) is 29.6 Å². The van der Waals surface area contributed by atoms with E-state index < -0.39 is 41.3 Å². The molecule has 4 heterocycles. The number of thiazole rings is 1. The maximum atomic E-state index is 14.0. The number of amides is 3. The summed E-state index contributed by atoms with van der Waals surface area (Å²) < 4.78 is 52.1. The number of rotatable bonds is 5. The molecule has 3 amide bonds. The number of anilines is 1. The molecule has 0 radical (unpaired) electrons. The third-order valence-corrected chi connectivity index (χ3v) is 13.0. The summed E-state index contributed by atoms with van der Waals surface area (Å²) in [6.07, 6.45) is -4.04. The summed E-state index contributed by atoms with van der Waals surface area (Å²) in [7, 11) is 0. The van der Waals surface area contributed by atoms with Crippen LogP contribution in [0.1, 0.15) is 28.3 Å². The highest BCUT2D eigenvalue weighted by atomic mass is 35.5. The van der Waals surface area contributed by atoms with Gasteiger partial charge in [-0.3, -0.25) is 24.1 Å². The number of nitrogens with zero attached hydrogens (tertiary/aromatic N) is 2. The van der Waals surface area contributed by atoms with Gasteiger partial charge in [-0.25, -0.2) is 0 Å². The fraction of sp³-hybridized carbons (Fsp3) is 0.438. The van der Waals surface area contributed by atoms with Gasteiger partial charge in [0.1, 0.15) is 5.75 Å². The number of imide groups is 1. The molecule has 2 saturated carbocycles. The number of nitrogens with one attached hydrogen (secondary N) is 1. The predicted molar refractivity (Wildman–Crippen MR) is 167 cm³/mol. The van der Waals surface area contributed by atoms with Crippen LogP contribution in [0.25, 0.3) is 0 Å². The Morgan fingerprint density at radius 3 is 2.53 bits per heavy atom. The smallest absolute Gasteiger partial charge is 0.416 e. The molecule has 3 aromatic rings. The van der Waals surface area contributed by atoms with Gasteiger partial charge in [0.05, 0.1) is 41.3 Å². The van der Waals surface area contributed by atoms with E-state index >= 15 is 0 Å². The van der Waals surface area contributed by atoms with Crippen LogP contribution in [-0.4, -0.2) is 65.8 Å². The first-order valence-electron chi connectivity index (χ1n) is 15.2. The van der Waals surface area contributed by atoms with E-state index in [1.807, 2.05) is 0 Å². The normalized spacial score (nSPS) is 29.6. The fourth-order valence-corrected chi connectivity index (χ4v) is 11.4. The first-order valence-corrected chi connectivity index (χ1v) is 17.3. The Labute approximate surface area is 279 Å². The number of benzene rings is 2. The summed E-state index contributed by atoms with van der Waals surface area (Å²) in [6, 6.07) is 9.44. The molecule has 3 aliphatic heterocycles. The second-order valence-corrected chi connectivity index (χ2v) is 15.1. The number of aromatic nitrogens is 1. The largest absolute Gasteiger partial charge is 0.483 e. The molecular weight excluding hydrogens is 679 g/mol. The van der Waals surface area contributed by atoms with Gasteiger partial charge in [-0.15, -0.1) is 11.8 Å². The van der Waals surface area contributed by atoms with Crippen LogP contribution in [0.4, 0.5) is 18.9 Å². The fourth-order valence-electron chi connectivity index (χ4n) is 8.38. The lowest BCUT2D eigenvalue weighted by molar-refractivity contribution is -0.138. The van der Waals surface area contributed by atoms with Gasteiger partial charge in [0.15, 0.2) is 6.61 Å². The Morgan fingerprint density at radius 1 is 1.04 bits per heavy atom. The molecule has 4 fully saturated rings. The predicted octanol–water partition coefficient (Wildman–Crippen LogP) is 5.02. The Morgan fingerprint density at radius 2 is 1.79 bits per heavy atom. The molecule has 15 heteroatoms. The summed E-state index contributed by atoms with van der Waals surface area (Å²) in [6.45, 7) is 1.63. The molecule has 5 aliphatic rings. The Kier molecular flexibility index (Phi) is 7.50. The van der Waals surface area contributed by atoms with E-state index in [1.54, 1.807) is 23.1 Å². The molecule has 9 nitrogen and oxygen atoms in total. The van der Waals surface area contributed by atoms with Crippen LogP contribution in [0.2, 0.25) is 5.02 Å². The molecule has 246 valence electrons. The van der Waals surface area contributed by atoms with Crippen molar-refractivity contribution in [2.45, 2.75) is 28.8 Å². The van der Waals surface area contributed by atoms with Gasteiger partial charge in [-0.05, 0) is 60.6 Å². The third kappa shape index (κ3) is 5.01. The zero-order valence-corrected chi connectivity index (χ0v) is 26.9. The van der Waals surface area contributed by atoms with Gasteiger partial charge < -0.3 is 19.4 Å². The lowest BCUT2D eigenvalue weighted by Crippen LogP contribution is -2.43. The standard InChI is InChI=1S/C32H27ClF3N3O6S2/c33-15-4-5-20(45-13-21(40)38-6-8-44-9-7-38)17(11-15)22-23-18-12-19(26(23)46-28-27(22)47-31(43)37-28)25-24(18)29(41)39(30(25)42)16-3-1-2-14(10-16)32(34,35)36/h1-5,10-11,18-19,22-26H,6-9,12-13H2,(H,37,43)/t18?,19?,22-,23?,24?,25?,26?/m1/s1. The lowest BCUT2D eigenvalue weighted by Gasteiger charge is -2.43. The molecule has 8 rings (SSSR count). The number of carbonyl (C=O) groups excluding carboxylic acids is 3. The molecular formula is C32H27ClF3N3O6S2. The van der Waals surface area contributed by atoms with Crippen molar-refractivity contribution in [3.63, 3.8) is 0 Å². The quantitative estimate of drug-likeness (QED) is 0.372. The number of hydrogen-bond acceptors (Lipinski definition) is 8. The van der Waals surface area contributed by atoms with Crippen molar-refractivity contribution in [3.8, 4) is 5.75 Å². The van der Waals surface area contributed by atoms with Crippen LogP contribution in [0.15, 0.2) is 52.3 Å². The summed E-state index contributed by atoms with van der Waals surface area (Å²) in [4.78, 5) is 59.7. The van der Waals surface area contributed by atoms with E-state index in [-0.39, 0.29) is 46.1 Å². The summed E-state index contributed by atoms with van der Waals surface area (Å²) >= 11 is 9.10. The minimum atomic E-state index is -4.63. The highest BCUT2D eigenvalue weighted by molar-refractivity contribution is 8.00. The summed E-state index contributed by atoms with van der Waals surface area (Å²) in [5.74, 6) is -3.30. The number of morpholine rings is 1. The molecule has 1 N–H and O–H groups in total. The number of hydrogen-bond donors (Lipinski definition) is 1. The molecule has 47 heavy (non-hydrogen) atoms. The summed E-state index contributed by atoms with van der Waals surface area (Å²) in [5, 5.41) is 0.941. The van der Waals surface area contributed by atoms with Crippen LogP contribution in [0, 0.1) is 29.6 Å². The van der Waals surface area contributed by atoms with Crippen LogP contribution in [0.5, 0.6) is 5.75 Å². The van der Waals surface area contributed by atoms with E-state index in [0.717, 1.165) is 33.2 Å².